The molecular weight excluding hydrogens is 380 g/mol. The van der Waals surface area contributed by atoms with Gasteiger partial charge in [0.1, 0.15) is 6.54 Å². The number of hydrogen-bond donors (Lipinski definition) is 1. The van der Waals surface area contributed by atoms with Gasteiger partial charge in [-0.2, -0.15) is 0 Å². The monoisotopic (exact) mass is 406 g/mol. The normalized spacial score (nSPS) is 11.0. The van der Waals surface area contributed by atoms with E-state index in [1.54, 1.807) is 37.4 Å². The smallest absolute Gasteiger partial charge is 0.241 e. The van der Waals surface area contributed by atoms with Gasteiger partial charge in [-0.1, -0.05) is 18.2 Å². The summed E-state index contributed by atoms with van der Waals surface area (Å²) in [5, 5.41) is 2.75. The van der Waals surface area contributed by atoms with Crippen LogP contribution in [0.1, 0.15) is 16.7 Å². The molecule has 2 aromatic rings. The highest BCUT2D eigenvalue weighted by molar-refractivity contribution is 7.92. The predicted molar refractivity (Wildman–Crippen MR) is 109 cm³/mol. The Balaban J connectivity index is 2.14. The maximum Gasteiger partial charge on any atom is 0.241 e. The fourth-order valence-electron chi connectivity index (χ4n) is 2.76. The number of amides is 1. The molecule has 0 fully saturated rings. The standard InChI is InChI=1S/C20H26N2O5S/c1-14-7-6-8-17(15(14)2)22(28(5,24)25)13-20(23)21-12-16-9-10-18(26-3)19(11-16)27-4/h6-11H,12-13H2,1-5H3,(H,21,23). The second-order valence-electron chi connectivity index (χ2n) is 6.45. The third-order valence-corrected chi connectivity index (χ3v) is 5.60. The second kappa shape index (κ2) is 8.97. The van der Waals surface area contributed by atoms with Crippen molar-refractivity contribution in [3.63, 3.8) is 0 Å². The average Bonchev–Trinajstić information content (AvgIpc) is 2.65. The van der Waals surface area contributed by atoms with E-state index in [1.165, 1.54) is 7.11 Å². The van der Waals surface area contributed by atoms with Crippen molar-refractivity contribution in [3.8, 4) is 11.5 Å². The lowest BCUT2D eigenvalue weighted by Crippen LogP contribution is -2.40. The number of methoxy groups -OCH3 is 2. The van der Waals surface area contributed by atoms with E-state index in [-0.39, 0.29) is 13.1 Å². The topological polar surface area (TPSA) is 84.9 Å². The van der Waals surface area contributed by atoms with Crippen molar-refractivity contribution in [2.24, 2.45) is 0 Å². The van der Waals surface area contributed by atoms with Crippen LogP contribution in [0.3, 0.4) is 0 Å². The quantitative estimate of drug-likeness (QED) is 0.728. The van der Waals surface area contributed by atoms with Gasteiger partial charge in [0.05, 0.1) is 26.2 Å². The summed E-state index contributed by atoms with van der Waals surface area (Å²) < 4.78 is 36.1. The molecule has 0 heterocycles. The van der Waals surface area contributed by atoms with Crippen LogP contribution >= 0.6 is 0 Å². The first kappa shape index (κ1) is 21.6. The van der Waals surface area contributed by atoms with Crippen LogP contribution in [0.5, 0.6) is 11.5 Å². The highest BCUT2D eigenvalue weighted by Gasteiger charge is 2.22. The molecule has 2 rings (SSSR count). The molecule has 0 aliphatic carbocycles. The van der Waals surface area contributed by atoms with E-state index in [0.29, 0.717) is 17.2 Å². The Hall–Kier alpha value is -2.74. The average molecular weight is 407 g/mol. The molecule has 152 valence electrons. The number of rotatable bonds is 8. The van der Waals surface area contributed by atoms with Gasteiger partial charge in [0.2, 0.25) is 15.9 Å². The summed E-state index contributed by atoms with van der Waals surface area (Å²) in [4.78, 5) is 12.4. The van der Waals surface area contributed by atoms with Crippen LogP contribution in [-0.4, -0.2) is 41.3 Å². The second-order valence-corrected chi connectivity index (χ2v) is 8.36. The van der Waals surface area contributed by atoms with Gasteiger partial charge < -0.3 is 14.8 Å². The minimum Gasteiger partial charge on any atom is -0.493 e. The molecule has 8 heteroatoms. The van der Waals surface area contributed by atoms with Crippen molar-refractivity contribution in [1.82, 2.24) is 5.32 Å². The number of carbonyl (C=O) groups excluding carboxylic acids is 1. The first-order valence-electron chi connectivity index (χ1n) is 8.69. The lowest BCUT2D eigenvalue weighted by Gasteiger charge is -2.24. The molecule has 28 heavy (non-hydrogen) atoms. The molecule has 0 aliphatic heterocycles. The number of nitrogens with one attached hydrogen (secondary N) is 1. The van der Waals surface area contributed by atoms with Crippen LogP contribution in [0.25, 0.3) is 0 Å². The highest BCUT2D eigenvalue weighted by atomic mass is 32.2. The van der Waals surface area contributed by atoms with Gasteiger partial charge in [-0.05, 0) is 48.7 Å². The lowest BCUT2D eigenvalue weighted by atomic mass is 10.1. The number of ether oxygens (including phenoxy) is 2. The maximum atomic E-state index is 12.4. The first-order chi connectivity index (χ1) is 13.2. The van der Waals surface area contributed by atoms with Crippen molar-refractivity contribution < 1.29 is 22.7 Å². The zero-order valence-corrected chi connectivity index (χ0v) is 17.6. The predicted octanol–water partition coefficient (Wildman–Crippen LogP) is 2.40. The fraction of sp³-hybridized carbons (Fsp3) is 0.350. The Morgan fingerprint density at radius 3 is 2.36 bits per heavy atom. The Morgan fingerprint density at radius 2 is 1.75 bits per heavy atom. The molecule has 2 aromatic carbocycles. The van der Waals surface area contributed by atoms with E-state index >= 15 is 0 Å². The Labute approximate surface area is 166 Å². The van der Waals surface area contributed by atoms with Crippen LogP contribution in [0.15, 0.2) is 36.4 Å². The van der Waals surface area contributed by atoms with Crippen molar-refractivity contribution in [2.75, 3.05) is 31.3 Å². The number of hydrogen-bond acceptors (Lipinski definition) is 5. The summed E-state index contributed by atoms with van der Waals surface area (Å²) in [5.74, 6) is 0.749. The maximum absolute atomic E-state index is 12.4. The third-order valence-electron chi connectivity index (χ3n) is 4.47. The van der Waals surface area contributed by atoms with Crippen molar-refractivity contribution >= 4 is 21.6 Å². The molecular formula is C20H26N2O5S. The first-order valence-corrected chi connectivity index (χ1v) is 10.5. The molecule has 0 atom stereocenters. The van der Waals surface area contributed by atoms with Gasteiger partial charge in [-0.25, -0.2) is 8.42 Å². The summed E-state index contributed by atoms with van der Waals surface area (Å²) >= 11 is 0. The third kappa shape index (κ3) is 5.16. The summed E-state index contributed by atoms with van der Waals surface area (Å²) in [6.45, 7) is 3.68. The zero-order valence-electron chi connectivity index (χ0n) is 16.8. The number of benzene rings is 2. The molecule has 0 aromatic heterocycles. The summed E-state index contributed by atoms with van der Waals surface area (Å²) in [6.07, 6.45) is 1.09. The molecule has 0 saturated heterocycles. The largest absolute Gasteiger partial charge is 0.493 e. The summed E-state index contributed by atoms with van der Waals surface area (Å²) in [6, 6.07) is 10.7. The van der Waals surface area contributed by atoms with Gasteiger partial charge in [-0.15, -0.1) is 0 Å². The number of aryl methyl sites for hydroxylation is 1. The van der Waals surface area contributed by atoms with Crippen LogP contribution in [0.4, 0.5) is 5.69 Å². The van der Waals surface area contributed by atoms with Crippen LogP contribution < -0.4 is 19.1 Å². The SMILES string of the molecule is COc1ccc(CNC(=O)CN(c2cccc(C)c2C)S(C)(=O)=O)cc1OC. The number of carbonyl (C=O) groups is 1. The van der Waals surface area contributed by atoms with Crippen molar-refractivity contribution in [3.05, 3.63) is 53.1 Å². The zero-order chi connectivity index (χ0) is 20.9. The van der Waals surface area contributed by atoms with E-state index in [0.717, 1.165) is 27.3 Å². The minimum absolute atomic E-state index is 0.240. The Morgan fingerprint density at radius 1 is 1.07 bits per heavy atom. The van der Waals surface area contributed by atoms with Crippen LogP contribution in [0.2, 0.25) is 0 Å². The van der Waals surface area contributed by atoms with Gasteiger partial charge in [0, 0.05) is 6.54 Å². The molecule has 7 nitrogen and oxygen atoms in total. The van der Waals surface area contributed by atoms with Crippen LogP contribution in [-0.2, 0) is 21.4 Å². The van der Waals surface area contributed by atoms with Gasteiger partial charge in [0.15, 0.2) is 11.5 Å². The molecule has 0 radical (unpaired) electrons. The van der Waals surface area contributed by atoms with E-state index in [2.05, 4.69) is 5.32 Å². The minimum atomic E-state index is -3.62. The van der Waals surface area contributed by atoms with E-state index in [4.69, 9.17) is 9.47 Å². The van der Waals surface area contributed by atoms with E-state index in [1.807, 2.05) is 19.9 Å². The fourth-order valence-corrected chi connectivity index (χ4v) is 3.67. The van der Waals surface area contributed by atoms with Gasteiger partial charge in [-0.3, -0.25) is 9.10 Å². The Kier molecular flexibility index (Phi) is 6.90. The Bertz CT molecular complexity index is 957. The number of anilines is 1. The molecule has 0 unspecified atom stereocenters. The molecule has 1 amide bonds. The van der Waals surface area contributed by atoms with Gasteiger partial charge >= 0.3 is 0 Å². The number of sulfonamides is 1. The number of nitrogens with zero attached hydrogens (tertiary/aromatic N) is 1. The van der Waals surface area contributed by atoms with E-state index in [9.17, 15) is 13.2 Å². The van der Waals surface area contributed by atoms with E-state index < -0.39 is 15.9 Å². The van der Waals surface area contributed by atoms with Gasteiger partial charge in [0.25, 0.3) is 0 Å². The highest BCUT2D eigenvalue weighted by Crippen LogP contribution is 2.27. The molecule has 0 saturated carbocycles. The molecule has 0 aliphatic rings. The van der Waals surface area contributed by atoms with Crippen molar-refractivity contribution in [1.29, 1.82) is 0 Å². The summed E-state index contributed by atoms with van der Waals surface area (Å²) in [5.41, 5.74) is 3.09. The summed E-state index contributed by atoms with van der Waals surface area (Å²) in [7, 11) is -0.535. The molecule has 0 spiro atoms. The molecule has 1 N–H and O–H groups in total. The van der Waals surface area contributed by atoms with Crippen LogP contribution in [0, 0.1) is 13.8 Å². The van der Waals surface area contributed by atoms with Crippen molar-refractivity contribution in [2.45, 2.75) is 20.4 Å². The molecule has 0 bridgehead atoms. The lowest BCUT2D eigenvalue weighted by molar-refractivity contribution is -0.119.